The number of carbonyl (C=O) groups is 8. The summed E-state index contributed by atoms with van der Waals surface area (Å²) in [6, 6.07) is 11.8. The number of esters is 2. The molecule has 2 unspecified atom stereocenters. The minimum atomic E-state index is -0.891. The second-order valence-electron chi connectivity index (χ2n) is 11.7. The Morgan fingerprint density at radius 1 is 0.698 bits per heavy atom. The number of cyclic esters (lactones) is 2. The fraction of sp³-hybridized carbons (Fsp3) is 0.355. The first-order valence-corrected chi connectivity index (χ1v) is 14.0. The predicted molar refractivity (Wildman–Crippen MR) is 145 cm³/mol. The van der Waals surface area contributed by atoms with E-state index in [2.05, 4.69) is 10.1 Å². The highest BCUT2D eigenvalue weighted by Gasteiger charge is 2.58. The van der Waals surface area contributed by atoms with Crippen molar-refractivity contribution in [1.29, 1.82) is 0 Å². The normalized spacial score (nSPS) is 25.3. The fourth-order valence-corrected chi connectivity index (χ4v) is 5.96. The Kier molecular flexibility index (Phi) is 6.68. The summed E-state index contributed by atoms with van der Waals surface area (Å²) in [6.07, 6.45) is 4.23. The summed E-state index contributed by atoms with van der Waals surface area (Å²) >= 11 is 0. The van der Waals surface area contributed by atoms with Gasteiger partial charge in [0.1, 0.15) is 11.8 Å². The first kappa shape index (κ1) is 28.3. The Bertz CT molecular complexity index is 1580. The monoisotopic (exact) mass is 585 g/mol. The molecular weight excluding hydrogens is 558 g/mol. The highest BCUT2D eigenvalue weighted by molar-refractivity contribution is 6.23. The third kappa shape index (κ3) is 4.87. The molecule has 220 valence electrons. The second-order valence-corrected chi connectivity index (χ2v) is 11.7. The van der Waals surface area contributed by atoms with Gasteiger partial charge in [0.15, 0.2) is 5.78 Å². The number of nitrogens with one attached hydrogen (secondary N) is 1. The van der Waals surface area contributed by atoms with Gasteiger partial charge in [-0.2, -0.15) is 0 Å². The number of hydrogen-bond acceptors (Lipinski definition) is 10. The second kappa shape index (κ2) is 10.2. The minimum absolute atomic E-state index is 0.0764. The van der Waals surface area contributed by atoms with Crippen LogP contribution in [0.1, 0.15) is 86.4 Å². The van der Waals surface area contributed by atoms with E-state index in [1.54, 1.807) is 48.5 Å². The Morgan fingerprint density at radius 3 is 1.67 bits per heavy atom. The van der Waals surface area contributed by atoms with E-state index in [-0.39, 0.29) is 41.8 Å². The van der Waals surface area contributed by atoms with Crippen LogP contribution in [0.5, 0.6) is 0 Å². The van der Waals surface area contributed by atoms with Crippen LogP contribution < -0.4 is 11.1 Å². The highest BCUT2D eigenvalue weighted by Crippen LogP contribution is 2.53. The van der Waals surface area contributed by atoms with Crippen LogP contribution in [0.25, 0.3) is 0 Å². The van der Waals surface area contributed by atoms with Crippen LogP contribution in [0.15, 0.2) is 48.5 Å². The van der Waals surface area contributed by atoms with Gasteiger partial charge in [-0.1, -0.05) is 24.3 Å². The summed E-state index contributed by atoms with van der Waals surface area (Å²) in [4.78, 5) is 93.6. The third-order valence-corrected chi connectivity index (χ3v) is 8.95. The van der Waals surface area contributed by atoms with Gasteiger partial charge in [-0.05, 0) is 62.8 Å². The molecule has 4 amide bonds. The lowest BCUT2D eigenvalue weighted by atomic mass is 9.81. The van der Waals surface area contributed by atoms with Gasteiger partial charge in [-0.15, -0.1) is 0 Å². The summed E-state index contributed by atoms with van der Waals surface area (Å²) < 4.78 is 4.35. The lowest BCUT2D eigenvalue weighted by Gasteiger charge is -2.32. The number of imide groups is 2. The molecule has 3 saturated carbocycles. The largest absolute Gasteiger partial charge is 0.386 e. The molecule has 3 N–H and O–H groups in total. The number of ketones is 2. The minimum Gasteiger partial charge on any atom is -0.386 e. The number of hydrogen-bond donors (Lipinski definition) is 2. The predicted octanol–water partition coefficient (Wildman–Crippen LogP) is 1.50. The standard InChI is InChI=1S/C15H12N2O4.C8H11NO2.C8H4O3/c18-11-10(7-15(5-6-15)14(21)16-11)17-12(19)8-3-1-2-4-9(8)13(17)20;9-5-4-8(1-2-8)7(11)3-6(5)10;9-7-5-3-1-2-4-6(5)8(10)11-7/h1-4,10H,5-7H2,(H,16,18,21);5H,1-4,9H2;1-4H. The number of piperidine rings is 1. The van der Waals surface area contributed by atoms with Crippen molar-refractivity contribution in [2.24, 2.45) is 16.6 Å². The summed E-state index contributed by atoms with van der Waals surface area (Å²) in [5.74, 6) is -2.80. The zero-order chi connectivity index (χ0) is 30.7. The zero-order valence-corrected chi connectivity index (χ0v) is 22.9. The van der Waals surface area contributed by atoms with Gasteiger partial charge in [-0.3, -0.25) is 39.0 Å². The molecule has 2 aromatic carbocycles. The summed E-state index contributed by atoms with van der Waals surface area (Å²) in [5, 5.41) is 2.30. The summed E-state index contributed by atoms with van der Waals surface area (Å²) in [5.41, 5.74) is 6.20. The Morgan fingerprint density at radius 2 is 1.19 bits per heavy atom. The summed E-state index contributed by atoms with van der Waals surface area (Å²) in [7, 11) is 0. The molecule has 4 fully saturated rings. The number of fused-ring (bicyclic) bond motifs is 2. The van der Waals surface area contributed by atoms with Gasteiger partial charge >= 0.3 is 11.9 Å². The SMILES string of the molecule is NC1CC2(CC2)C(=O)CC1=O.O=C1NC(=O)C2(CC2)CC1N1C(=O)c2ccccc2C1=O.O=C1OC(=O)c2ccccc21. The smallest absolute Gasteiger partial charge is 0.346 e. The van der Waals surface area contributed by atoms with Crippen molar-refractivity contribution in [3.05, 3.63) is 70.8 Å². The van der Waals surface area contributed by atoms with Gasteiger partial charge < -0.3 is 10.5 Å². The van der Waals surface area contributed by atoms with Gasteiger partial charge in [0.05, 0.1) is 40.1 Å². The maximum Gasteiger partial charge on any atom is 0.346 e. The lowest BCUT2D eigenvalue weighted by Crippen LogP contribution is -2.58. The van der Waals surface area contributed by atoms with Gasteiger partial charge in [-0.25, -0.2) is 9.59 Å². The fourth-order valence-electron chi connectivity index (χ4n) is 5.96. The van der Waals surface area contributed by atoms with Gasteiger partial charge in [0.2, 0.25) is 11.8 Å². The summed E-state index contributed by atoms with van der Waals surface area (Å²) in [6.45, 7) is 0. The molecule has 0 radical (unpaired) electrons. The molecular formula is C31H27N3O9. The number of ether oxygens (including phenoxy) is 1. The quantitative estimate of drug-likeness (QED) is 0.282. The lowest BCUT2D eigenvalue weighted by molar-refractivity contribution is -0.141. The van der Waals surface area contributed by atoms with Crippen LogP contribution in [0.2, 0.25) is 0 Å². The number of Topliss-reactive ketones (excluding diaryl/α,β-unsaturated/α-hetero) is 2. The van der Waals surface area contributed by atoms with Crippen LogP contribution in [0.3, 0.4) is 0 Å². The van der Waals surface area contributed by atoms with E-state index in [1.165, 1.54) is 0 Å². The van der Waals surface area contributed by atoms with Crippen molar-refractivity contribution in [3.63, 3.8) is 0 Å². The van der Waals surface area contributed by atoms with Gasteiger partial charge in [0, 0.05) is 5.41 Å². The number of carbonyl (C=O) groups excluding carboxylic acids is 8. The van der Waals surface area contributed by atoms with Crippen molar-refractivity contribution in [2.75, 3.05) is 0 Å². The topological polar surface area (TPSA) is 187 Å². The Hall–Kier alpha value is -4.84. The molecule has 1 saturated heterocycles. The number of nitrogens with two attached hydrogens (primary N) is 1. The number of amides is 4. The van der Waals surface area contributed by atoms with Crippen molar-refractivity contribution in [2.45, 2.75) is 57.0 Å². The van der Waals surface area contributed by atoms with Crippen molar-refractivity contribution >= 4 is 47.1 Å². The van der Waals surface area contributed by atoms with E-state index in [0.717, 1.165) is 17.7 Å². The molecule has 3 aliphatic heterocycles. The molecule has 12 nitrogen and oxygen atoms in total. The maximum absolute atomic E-state index is 12.4. The van der Waals surface area contributed by atoms with Crippen LogP contribution in [0, 0.1) is 10.8 Å². The average Bonchev–Trinajstić information content (AvgIpc) is 3.90. The van der Waals surface area contributed by atoms with Gasteiger partial charge in [0.25, 0.3) is 11.8 Å². The number of rotatable bonds is 1. The molecule has 2 aromatic rings. The highest BCUT2D eigenvalue weighted by atomic mass is 16.6. The van der Waals surface area contributed by atoms with E-state index in [1.807, 2.05) is 0 Å². The maximum atomic E-state index is 12.4. The number of benzene rings is 2. The van der Waals surface area contributed by atoms with E-state index >= 15 is 0 Å². The molecule has 2 atom stereocenters. The molecule has 0 bridgehead atoms. The molecule has 6 aliphatic rings. The number of nitrogens with zero attached hydrogens (tertiary/aromatic N) is 1. The molecule has 3 heterocycles. The van der Waals surface area contributed by atoms with E-state index in [4.69, 9.17) is 5.73 Å². The first-order chi connectivity index (χ1) is 20.5. The van der Waals surface area contributed by atoms with Crippen molar-refractivity contribution in [1.82, 2.24) is 10.2 Å². The first-order valence-electron chi connectivity index (χ1n) is 14.0. The zero-order valence-electron chi connectivity index (χ0n) is 22.9. The van der Waals surface area contributed by atoms with Crippen LogP contribution in [-0.4, -0.2) is 64.1 Å². The van der Waals surface area contributed by atoms with E-state index < -0.39 is 41.1 Å². The van der Waals surface area contributed by atoms with Crippen molar-refractivity contribution in [3.8, 4) is 0 Å². The Labute approximate surface area is 244 Å². The molecule has 8 rings (SSSR count). The van der Waals surface area contributed by atoms with Crippen LogP contribution >= 0.6 is 0 Å². The van der Waals surface area contributed by atoms with E-state index in [9.17, 15) is 38.4 Å². The van der Waals surface area contributed by atoms with Crippen LogP contribution in [0.4, 0.5) is 0 Å². The van der Waals surface area contributed by atoms with Crippen LogP contribution in [-0.2, 0) is 23.9 Å². The molecule has 0 aromatic heterocycles. The van der Waals surface area contributed by atoms with E-state index in [0.29, 0.717) is 41.5 Å². The average molecular weight is 586 g/mol. The molecule has 43 heavy (non-hydrogen) atoms. The Balaban J connectivity index is 0.000000126. The third-order valence-electron chi connectivity index (χ3n) is 8.95. The molecule has 2 spiro atoms. The molecule has 12 heteroatoms. The van der Waals surface area contributed by atoms with Crippen molar-refractivity contribution < 1.29 is 43.1 Å². The molecule has 3 aliphatic carbocycles.